The molecule has 21 heavy (non-hydrogen) atoms. The molecular weight excluding hydrogens is 343 g/mol. The second-order valence-corrected chi connectivity index (χ2v) is 6.16. The third kappa shape index (κ3) is 3.18. The molecule has 1 aliphatic rings. The minimum atomic E-state index is -1.26. The monoisotopic (exact) mass is 358 g/mol. The second kappa shape index (κ2) is 6.01. The third-order valence-electron chi connectivity index (χ3n) is 3.77. The fourth-order valence-corrected chi connectivity index (χ4v) is 2.81. The lowest BCUT2D eigenvalue weighted by molar-refractivity contribution is -0.150. The van der Waals surface area contributed by atoms with Crippen molar-refractivity contribution in [3.8, 4) is 0 Å². The van der Waals surface area contributed by atoms with Crippen LogP contribution in [0.15, 0.2) is 22.7 Å². The molecule has 0 aliphatic carbocycles. The Hall–Kier alpha value is -1.63. The van der Waals surface area contributed by atoms with Crippen molar-refractivity contribution < 1.29 is 19.1 Å². The van der Waals surface area contributed by atoms with Gasteiger partial charge in [0.2, 0.25) is 0 Å². The van der Waals surface area contributed by atoms with Crippen molar-refractivity contribution in [1.29, 1.82) is 0 Å². The van der Waals surface area contributed by atoms with Crippen molar-refractivity contribution in [2.24, 2.45) is 0 Å². The molecule has 7 heteroatoms. The summed E-state index contributed by atoms with van der Waals surface area (Å²) in [5, 5.41) is 11.8. The van der Waals surface area contributed by atoms with Gasteiger partial charge in [0.1, 0.15) is 11.4 Å². The van der Waals surface area contributed by atoms with Crippen molar-refractivity contribution >= 4 is 33.6 Å². The Balaban J connectivity index is 2.22. The number of hydrogen-bond donors (Lipinski definition) is 2. The molecule has 1 aromatic carbocycles. The number of carbonyl (C=O) groups excluding carboxylic acids is 1. The molecule has 0 spiro atoms. The van der Waals surface area contributed by atoms with Crippen LogP contribution in [0.5, 0.6) is 0 Å². The number of carbonyl (C=O) groups is 2. The molecular formula is C14H16BrFN2O3. The van der Waals surface area contributed by atoms with Crippen molar-refractivity contribution in [3.05, 3.63) is 28.5 Å². The van der Waals surface area contributed by atoms with Gasteiger partial charge in [-0.1, -0.05) is 15.9 Å². The number of halogens is 2. The normalized spacial score (nSPS) is 22.0. The molecule has 1 atom stereocenters. The molecule has 0 saturated carbocycles. The predicted octanol–water partition coefficient (Wildman–Crippen LogP) is 3.45. The molecule has 2 amide bonds. The molecule has 1 aliphatic heterocycles. The smallest absolute Gasteiger partial charge is 0.329 e. The number of amides is 2. The van der Waals surface area contributed by atoms with Crippen molar-refractivity contribution in [3.63, 3.8) is 0 Å². The molecule has 1 unspecified atom stereocenters. The van der Waals surface area contributed by atoms with E-state index < -0.39 is 23.4 Å². The van der Waals surface area contributed by atoms with Gasteiger partial charge in [0.15, 0.2) is 0 Å². The molecule has 5 nitrogen and oxygen atoms in total. The molecule has 1 heterocycles. The van der Waals surface area contributed by atoms with Gasteiger partial charge in [-0.05, 0) is 44.4 Å². The number of nitrogens with one attached hydrogen (secondary N) is 1. The number of carboxylic acid groups (broad SMARTS) is 1. The largest absolute Gasteiger partial charge is 0.480 e. The van der Waals surface area contributed by atoms with Crippen LogP contribution < -0.4 is 5.32 Å². The van der Waals surface area contributed by atoms with E-state index in [0.717, 1.165) is 12.8 Å². The quantitative estimate of drug-likeness (QED) is 0.850. The average Bonchev–Trinajstić information content (AvgIpc) is 2.43. The number of carboxylic acids is 1. The molecule has 0 radical (unpaired) electrons. The van der Waals surface area contributed by atoms with Crippen LogP contribution in [0.1, 0.15) is 26.2 Å². The maximum atomic E-state index is 13.7. The van der Waals surface area contributed by atoms with Gasteiger partial charge >= 0.3 is 12.0 Å². The van der Waals surface area contributed by atoms with Gasteiger partial charge in [0.05, 0.1) is 5.69 Å². The highest BCUT2D eigenvalue weighted by Gasteiger charge is 2.44. The van der Waals surface area contributed by atoms with Crippen molar-refractivity contribution in [2.75, 3.05) is 11.9 Å². The Morgan fingerprint density at radius 2 is 2.14 bits per heavy atom. The van der Waals surface area contributed by atoms with Gasteiger partial charge in [0, 0.05) is 11.0 Å². The highest BCUT2D eigenvalue weighted by Crippen LogP contribution is 2.29. The molecule has 0 bridgehead atoms. The zero-order valence-corrected chi connectivity index (χ0v) is 13.1. The van der Waals surface area contributed by atoms with E-state index in [9.17, 15) is 19.1 Å². The first-order valence-corrected chi connectivity index (χ1v) is 7.41. The summed E-state index contributed by atoms with van der Waals surface area (Å²) < 4.78 is 14.3. The zero-order valence-electron chi connectivity index (χ0n) is 11.5. The van der Waals surface area contributed by atoms with Gasteiger partial charge in [-0.3, -0.25) is 0 Å². The van der Waals surface area contributed by atoms with E-state index in [0.29, 0.717) is 17.4 Å². The summed E-state index contributed by atoms with van der Waals surface area (Å²) in [5.41, 5.74) is -1.24. The van der Waals surface area contributed by atoms with Crippen LogP contribution in [0.4, 0.5) is 14.9 Å². The highest BCUT2D eigenvalue weighted by atomic mass is 79.9. The molecule has 1 aromatic rings. The standard InChI is InChI=1S/C14H16BrFN2O3/c1-14(12(19)20)6-2-3-7-18(14)13(21)17-11-8-9(15)4-5-10(11)16/h4-5,8H,2-3,6-7H2,1H3,(H,17,21)(H,19,20). The lowest BCUT2D eigenvalue weighted by atomic mass is 9.89. The van der Waals surface area contributed by atoms with E-state index in [1.165, 1.54) is 30.0 Å². The maximum absolute atomic E-state index is 13.7. The van der Waals surface area contributed by atoms with E-state index in [4.69, 9.17) is 0 Å². The van der Waals surface area contributed by atoms with Gasteiger partial charge in [0.25, 0.3) is 0 Å². The van der Waals surface area contributed by atoms with Crippen LogP contribution >= 0.6 is 15.9 Å². The van der Waals surface area contributed by atoms with Crippen LogP contribution in [-0.4, -0.2) is 34.1 Å². The summed E-state index contributed by atoms with van der Waals surface area (Å²) in [5.74, 6) is -1.62. The van der Waals surface area contributed by atoms with Gasteiger partial charge in [-0.15, -0.1) is 0 Å². The van der Waals surface area contributed by atoms with E-state index >= 15 is 0 Å². The van der Waals surface area contributed by atoms with E-state index in [-0.39, 0.29) is 5.69 Å². The third-order valence-corrected chi connectivity index (χ3v) is 4.26. The Labute approximate surface area is 130 Å². The van der Waals surface area contributed by atoms with Gasteiger partial charge in [-0.2, -0.15) is 0 Å². The number of rotatable bonds is 2. The first kappa shape index (κ1) is 15.8. The number of urea groups is 1. The number of anilines is 1. The Morgan fingerprint density at radius 3 is 2.81 bits per heavy atom. The molecule has 114 valence electrons. The highest BCUT2D eigenvalue weighted by molar-refractivity contribution is 9.10. The number of benzene rings is 1. The molecule has 2 N–H and O–H groups in total. The predicted molar refractivity (Wildman–Crippen MR) is 79.7 cm³/mol. The lowest BCUT2D eigenvalue weighted by Gasteiger charge is -2.41. The summed E-state index contributed by atoms with van der Waals surface area (Å²) in [6, 6.07) is 3.59. The van der Waals surface area contributed by atoms with Crippen LogP contribution in [0.25, 0.3) is 0 Å². The van der Waals surface area contributed by atoms with Gasteiger partial charge in [-0.25, -0.2) is 14.0 Å². The topological polar surface area (TPSA) is 69.6 Å². The number of piperidine rings is 1. The summed E-state index contributed by atoms with van der Waals surface area (Å²) in [7, 11) is 0. The van der Waals surface area contributed by atoms with Crippen LogP contribution in [-0.2, 0) is 4.79 Å². The Morgan fingerprint density at radius 1 is 1.43 bits per heavy atom. The Kier molecular flexibility index (Phi) is 4.51. The zero-order chi connectivity index (χ0) is 15.6. The maximum Gasteiger partial charge on any atom is 0.329 e. The molecule has 1 saturated heterocycles. The molecule has 2 rings (SSSR count). The SMILES string of the molecule is CC1(C(=O)O)CCCCN1C(=O)Nc1cc(Br)ccc1F. The number of likely N-dealkylation sites (tertiary alicyclic amines) is 1. The van der Waals surface area contributed by atoms with Crippen LogP contribution in [0.2, 0.25) is 0 Å². The molecule has 0 aromatic heterocycles. The fraction of sp³-hybridized carbons (Fsp3) is 0.429. The number of nitrogens with zero attached hydrogens (tertiary/aromatic N) is 1. The van der Waals surface area contributed by atoms with E-state index in [2.05, 4.69) is 21.2 Å². The molecule has 1 fully saturated rings. The summed E-state index contributed by atoms with van der Waals surface area (Å²) in [4.78, 5) is 25.0. The minimum absolute atomic E-state index is 0.0210. The minimum Gasteiger partial charge on any atom is -0.480 e. The van der Waals surface area contributed by atoms with Crippen molar-refractivity contribution in [2.45, 2.75) is 31.7 Å². The van der Waals surface area contributed by atoms with E-state index in [1.54, 1.807) is 0 Å². The number of aliphatic carboxylic acids is 1. The Bertz CT molecular complexity index is 581. The van der Waals surface area contributed by atoms with Gasteiger partial charge < -0.3 is 15.3 Å². The van der Waals surface area contributed by atoms with Crippen LogP contribution in [0, 0.1) is 5.82 Å². The van der Waals surface area contributed by atoms with Crippen LogP contribution in [0.3, 0.4) is 0 Å². The summed E-state index contributed by atoms with van der Waals surface area (Å²) in [6.07, 6.45) is 1.87. The first-order valence-electron chi connectivity index (χ1n) is 6.61. The summed E-state index contributed by atoms with van der Waals surface area (Å²) in [6.45, 7) is 1.86. The first-order chi connectivity index (χ1) is 9.84. The summed E-state index contributed by atoms with van der Waals surface area (Å²) >= 11 is 3.20. The average molecular weight is 359 g/mol. The number of hydrogen-bond acceptors (Lipinski definition) is 2. The van der Waals surface area contributed by atoms with Crippen molar-refractivity contribution in [1.82, 2.24) is 4.90 Å². The second-order valence-electron chi connectivity index (χ2n) is 5.24. The lowest BCUT2D eigenvalue weighted by Crippen LogP contribution is -2.58. The fourth-order valence-electron chi connectivity index (χ4n) is 2.44. The van der Waals surface area contributed by atoms with E-state index in [1.807, 2.05) is 0 Å².